The van der Waals surface area contributed by atoms with Gasteiger partial charge in [0.05, 0.1) is 0 Å². The molecule has 0 aliphatic heterocycles. The van der Waals surface area contributed by atoms with Crippen LogP contribution in [0.25, 0.3) is 0 Å². The molecule has 3 N–H and O–H groups in total. The van der Waals surface area contributed by atoms with E-state index >= 15 is 0 Å². The number of unbranched alkanes of at least 4 members (excludes halogenated alkanes) is 25. The topological polar surface area (TPSA) is 87.3 Å². The highest BCUT2D eigenvalue weighted by Gasteiger charge is 2.08. The Balaban J connectivity index is 3.42. The second kappa shape index (κ2) is 38.2. The van der Waals surface area contributed by atoms with Gasteiger partial charge < -0.3 is 16.0 Å². The Morgan fingerprint density at radius 2 is 0.667 bits per heavy atom. The average molecular weight is 678 g/mol. The lowest BCUT2D eigenvalue weighted by Crippen LogP contribution is -2.32. The predicted molar refractivity (Wildman–Crippen MR) is 207 cm³/mol. The van der Waals surface area contributed by atoms with Crippen molar-refractivity contribution >= 4 is 17.7 Å². The van der Waals surface area contributed by atoms with Crippen LogP contribution in [-0.4, -0.2) is 36.9 Å². The van der Waals surface area contributed by atoms with Crippen molar-refractivity contribution in [2.75, 3.05) is 13.1 Å². The van der Waals surface area contributed by atoms with Crippen molar-refractivity contribution in [1.82, 2.24) is 16.0 Å². The van der Waals surface area contributed by atoms with Gasteiger partial charge in [0.15, 0.2) is 0 Å². The maximum atomic E-state index is 12.2. The summed E-state index contributed by atoms with van der Waals surface area (Å²) in [4.78, 5) is 36.4. The standard InChI is InChI=1S/C42H83N3O3/c1-4-6-8-10-12-14-16-17-19-20-22-24-27-34-40(46)43-37-31-26-29-35-41(47)44-38-32-30-33-39(3)45-42(48)36-28-25-23-21-18-15-13-11-9-7-5-2/h39H,4-38H2,1-3H3,(H,43,46)(H,44,47)(H,45,48)/t39-/m1/s1. The van der Waals surface area contributed by atoms with E-state index in [2.05, 4.69) is 36.7 Å². The maximum absolute atomic E-state index is 12.2. The molecule has 0 radical (unpaired) electrons. The molecule has 0 aliphatic rings. The van der Waals surface area contributed by atoms with E-state index in [0.717, 1.165) is 64.2 Å². The first-order valence-corrected chi connectivity index (χ1v) is 21.3. The largest absolute Gasteiger partial charge is 0.356 e. The van der Waals surface area contributed by atoms with Gasteiger partial charge in [-0.15, -0.1) is 0 Å². The molecular formula is C42H83N3O3. The lowest BCUT2D eigenvalue weighted by molar-refractivity contribution is -0.122. The van der Waals surface area contributed by atoms with E-state index in [1.165, 1.54) is 128 Å². The maximum Gasteiger partial charge on any atom is 0.220 e. The molecule has 48 heavy (non-hydrogen) atoms. The van der Waals surface area contributed by atoms with Gasteiger partial charge in [-0.2, -0.15) is 0 Å². The van der Waals surface area contributed by atoms with E-state index in [4.69, 9.17) is 0 Å². The highest BCUT2D eigenvalue weighted by Crippen LogP contribution is 2.14. The van der Waals surface area contributed by atoms with Crippen molar-refractivity contribution in [2.24, 2.45) is 0 Å². The van der Waals surface area contributed by atoms with Gasteiger partial charge in [-0.05, 0) is 51.9 Å². The first-order valence-electron chi connectivity index (χ1n) is 21.3. The Bertz CT molecular complexity index is 714. The van der Waals surface area contributed by atoms with Crippen LogP contribution in [0, 0.1) is 0 Å². The van der Waals surface area contributed by atoms with Crippen LogP contribution in [0.2, 0.25) is 0 Å². The predicted octanol–water partition coefficient (Wildman–Crippen LogP) is 11.6. The molecule has 0 aliphatic carbocycles. The third-order valence-electron chi connectivity index (χ3n) is 9.71. The lowest BCUT2D eigenvalue weighted by atomic mass is 10.0. The summed E-state index contributed by atoms with van der Waals surface area (Å²) in [6, 6.07) is 0.191. The number of amides is 3. The Morgan fingerprint density at radius 3 is 1.04 bits per heavy atom. The molecule has 0 aromatic rings. The molecule has 3 amide bonds. The summed E-state index contributed by atoms with van der Waals surface area (Å²) in [5, 5.41) is 9.22. The minimum absolute atomic E-state index is 0.120. The summed E-state index contributed by atoms with van der Waals surface area (Å²) >= 11 is 0. The van der Waals surface area contributed by atoms with Crippen LogP contribution in [0.1, 0.15) is 233 Å². The molecule has 0 fully saturated rings. The molecule has 0 aromatic carbocycles. The molecule has 0 saturated carbocycles. The molecular weight excluding hydrogens is 594 g/mol. The number of rotatable bonds is 38. The fraction of sp³-hybridized carbons (Fsp3) is 0.929. The fourth-order valence-corrected chi connectivity index (χ4v) is 6.47. The molecule has 0 aromatic heterocycles. The second-order valence-electron chi connectivity index (χ2n) is 14.8. The van der Waals surface area contributed by atoms with Crippen LogP contribution in [0.5, 0.6) is 0 Å². The van der Waals surface area contributed by atoms with E-state index in [1.54, 1.807) is 0 Å². The normalized spacial score (nSPS) is 11.8. The zero-order valence-corrected chi connectivity index (χ0v) is 32.6. The highest BCUT2D eigenvalue weighted by molar-refractivity contribution is 5.76. The monoisotopic (exact) mass is 678 g/mol. The smallest absolute Gasteiger partial charge is 0.220 e. The molecule has 0 bridgehead atoms. The van der Waals surface area contributed by atoms with Crippen LogP contribution >= 0.6 is 0 Å². The van der Waals surface area contributed by atoms with Gasteiger partial charge in [-0.3, -0.25) is 14.4 Å². The van der Waals surface area contributed by atoms with E-state index in [0.29, 0.717) is 32.4 Å². The van der Waals surface area contributed by atoms with Crippen LogP contribution in [0.15, 0.2) is 0 Å². The van der Waals surface area contributed by atoms with Crippen molar-refractivity contribution in [3.8, 4) is 0 Å². The van der Waals surface area contributed by atoms with Crippen molar-refractivity contribution in [3.63, 3.8) is 0 Å². The lowest BCUT2D eigenvalue weighted by Gasteiger charge is -2.14. The van der Waals surface area contributed by atoms with Gasteiger partial charge in [0.25, 0.3) is 0 Å². The minimum atomic E-state index is 0.120. The first-order chi connectivity index (χ1) is 23.5. The fourth-order valence-electron chi connectivity index (χ4n) is 6.47. The Hall–Kier alpha value is -1.59. The van der Waals surface area contributed by atoms with Gasteiger partial charge in [-0.25, -0.2) is 0 Å². The SMILES string of the molecule is CCCCCCCCCCCCCCCC(=O)NCCCCCC(=O)NCCCC[C@@H](C)NC(=O)CCCCCCCCCCCCC. The van der Waals surface area contributed by atoms with Gasteiger partial charge in [0, 0.05) is 38.4 Å². The van der Waals surface area contributed by atoms with Crippen molar-refractivity contribution < 1.29 is 14.4 Å². The number of hydrogen-bond acceptors (Lipinski definition) is 3. The van der Waals surface area contributed by atoms with Crippen LogP contribution in [-0.2, 0) is 14.4 Å². The summed E-state index contributed by atoms with van der Waals surface area (Å²) in [5.74, 6) is 0.477. The van der Waals surface area contributed by atoms with Crippen LogP contribution in [0.3, 0.4) is 0 Å². The van der Waals surface area contributed by atoms with Crippen molar-refractivity contribution in [3.05, 3.63) is 0 Å². The van der Waals surface area contributed by atoms with Crippen LogP contribution in [0.4, 0.5) is 0 Å². The average Bonchev–Trinajstić information content (AvgIpc) is 3.07. The summed E-state index contributed by atoms with van der Waals surface area (Å²) < 4.78 is 0. The van der Waals surface area contributed by atoms with E-state index in [9.17, 15) is 14.4 Å². The van der Waals surface area contributed by atoms with Crippen molar-refractivity contribution in [2.45, 2.75) is 239 Å². The molecule has 6 nitrogen and oxygen atoms in total. The summed E-state index contributed by atoms with van der Waals surface area (Å²) in [6.07, 6.45) is 39.0. The molecule has 1 atom stereocenters. The quantitative estimate of drug-likeness (QED) is 0.0568. The molecule has 0 spiro atoms. The molecule has 0 unspecified atom stereocenters. The van der Waals surface area contributed by atoms with Gasteiger partial charge >= 0.3 is 0 Å². The number of carbonyl (C=O) groups is 3. The summed E-state index contributed by atoms with van der Waals surface area (Å²) in [5.41, 5.74) is 0. The van der Waals surface area contributed by atoms with Crippen LogP contribution < -0.4 is 16.0 Å². The molecule has 284 valence electrons. The van der Waals surface area contributed by atoms with Crippen molar-refractivity contribution in [1.29, 1.82) is 0 Å². The number of hydrogen-bond donors (Lipinski definition) is 3. The second-order valence-corrected chi connectivity index (χ2v) is 14.8. The number of carbonyl (C=O) groups excluding carboxylic acids is 3. The molecule has 0 heterocycles. The third kappa shape index (κ3) is 37.2. The van der Waals surface area contributed by atoms with E-state index < -0.39 is 0 Å². The van der Waals surface area contributed by atoms with Gasteiger partial charge in [0.1, 0.15) is 0 Å². The Morgan fingerprint density at radius 1 is 0.375 bits per heavy atom. The molecule has 0 saturated heterocycles. The summed E-state index contributed by atoms with van der Waals surface area (Å²) in [6.45, 7) is 8.04. The zero-order chi connectivity index (χ0) is 35.2. The van der Waals surface area contributed by atoms with Gasteiger partial charge in [-0.1, -0.05) is 162 Å². The Kier molecular flexibility index (Phi) is 36.9. The van der Waals surface area contributed by atoms with E-state index in [1.807, 2.05) is 0 Å². The van der Waals surface area contributed by atoms with E-state index in [-0.39, 0.29) is 23.8 Å². The first kappa shape index (κ1) is 46.4. The minimum Gasteiger partial charge on any atom is -0.356 e. The zero-order valence-electron chi connectivity index (χ0n) is 32.6. The third-order valence-corrected chi connectivity index (χ3v) is 9.71. The Labute approximate surface area is 299 Å². The molecule has 6 heteroatoms. The van der Waals surface area contributed by atoms with Gasteiger partial charge in [0.2, 0.25) is 17.7 Å². The highest BCUT2D eigenvalue weighted by atomic mass is 16.2. The molecule has 0 rings (SSSR count). The summed E-state index contributed by atoms with van der Waals surface area (Å²) in [7, 11) is 0. The number of nitrogens with one attached hydrogen (secondary N) is 3.